The highest BCUT2D eigenvalue weighted by molar-refractivity contribution is 7.89. The number of nitrogens with one attached hydrogen (secondary N) is 1. The van der Waals surface area contributed by atoms with E-state index in [2.05, 4.69) is 4.72 Å². The average molecular weight is 313 g/mol. The van der Waals surface area contributed by atoms with Crippen molar-refractivity contribution in [3.8, 4) is 0 Å². The maximum atomic E-state index is 13.2. The van der Waals surface area contributed by atoms with Crippen LogP contribution in [0.15, 0.2) is 45.9 Å². The highest BCUT2D eigenvalue weighted by Gasteiger charge is 2.28. The van der Waals surface area contributed by atoms with Crippen molar-refractivity contribution in [3.63, 3.8) is 0 Å². The molecule has 0 saturated carbocycles. The summed E-state index contributed by atoms with van der Waals surface area (Å²) in [6.45, 7) is 2.65. The first-order valence-corrected chi connectivity index (χ1v) is 7.73. The minimum Gasteiger partial charge on any atom is -0.466 e. The van der Waals surface area contributed by atoms with Gasteiger partial charge in [-0.1, -0.05) is 0 Å². The van der Waals surface area contributed by atoms with Crippen LogP contribution in [0.1, 0.15) is 18.2 Å². The van der Waals surface area contributed by atoms with Gasteiger partial charge in [0, 0.05) is 6.54 Å². The summed E-state index contributed by atoms with van der Waals surface area (Å²) in [4.78, 5) is -0.0587. The molecular formula is C14H16FNO4S. The zero-order valence-corrected chi connectivity index (χ0v) is 12.4. The van der Waals surface area contributed by atoms with Gasteiger partial charge in [-0.25, -0.2) is 17.5 Å². The van der Waals surface area contributed by atoms with Crippen molar-refractivity contribution in [3.05, 3.63) is 53.7 Å². The molecule has 0 aliphatic rings. The molecule has 1 unspecified atom stereocenters. The molecule has 2 rings (SSSR count). The summed E-state index contributed by atoms with van der Waals surface area (Å²) in [6.07, 6.45) is 1.39. The second-order valence-electron chi connectivity index (χ2n) is 4.99. The molecule has 5 nitrogen and oxygen atoms in total. The summed E-state index contributed by atoms with van der Waals surface area (Å²) < 4.78 is 44.8. The van der Waals surface area contributed by atoms with E-state index < -0.39 is 21.4 Å². The van der Waals surface area contributed by atoms with Crippen LogP contribution in [0.4, 0.5) is 4.39 Å². The van der Waals surface area contributed by atoms with Crippen LogP contribution in [-0.4, -0.2) is 20.1 Å². The van der Waals surface area contributed by atoms with Crippen LogP contribution < -0.4 is 4.72 Å². The molecule has 0 fully saturated rings. The molecule has 0 spiro atoms. The largest absolute Gasteiger partial charge is 0.466 e. The molecule has 0 radical (unpaired) electrons. The Balaban J connectivity index is 2.16. The minimum absolute atomic E-state index is 0.0587. The monoisotopic (exact) mass is 313 g/mol. The molecule has 1 heterocycles. The zero-order chi connectivity index (χ0) is 15.7. The number of furan rings is 1. The van der Waals surface area contributed by atoms with Gasteiger partial charge in [0.25, 0.3) is 0 Å². The van der Waals surface area contributed by atoms with E-state index in [-0.39, 0.29) is 22.8 Å². The van der Waals surface area contributed by atoms with E-state index in [0.717, 1.165) is 6.07 Å². The molecule has 1 aromatic heterocycles. The van der Waals surface area contributed by atoms with E-state index in [1.807, 2.05) is 0 Å². The number of hydrogen-bond donors (Lipinski definition) is 2. The maximum absolute atomic E-state index is 13.2. The van der Waals surface area contributed by atoms with Crippen molar-refractivity contribution in [2.45, 2.75) is 24.3 Å². The smallest absolute Gasteiger partial charge is 0.240 e. The molecule has 7 heteroatoms. The van der Waals surface area contributed by atoms with Crippen molar-refractivity contribution < 1.29 is 22.3 Å². The molecular weight excluding hydrogens is 297 g/mol. The van der Waals surface area contributed by atoms with Crippen LogP contribution in [0.2, 0.25) is 0 Å². The van der Waals surface area contributed by atoms with Gasteiger partial charge in [-0.3, -0.25) is 0 Å². The van der Waals surface area contributed by atoms with E-state index in [1.165, 1.54) is 32.2 Å². The first-order chi connectivity index (χ1) is 9.72. The summed E-state index contributed by atoms with van der Waals surface area (Å²) in [7, 11) is -3.84. The minimum atomic E-state index is -3.84. The Labute approximate surface area is 122 Å². The van der Waals surface area contributed by atoms with Crippen LogP contribution in [0.25, 0.3) is 0 Å². The van der Waals surface area contributed by atoms with Gasteiger partial charge in [0.15, 0.2) is 0 Å². The molecule has 2 aromatic rings. The molecule has 2 N–H and O–H groups in total. The SMILES string of the molecule is Cc1cc(S(=O)(=O)NCC(C)(O)c2ccco2)ccc1F. The number of aryl methyl sites for hydroxylation is 1. The van der Waals surface area contributed by atoms with E-state index in [0.29, 0.717) is 0 Å². The standard InChI is InChI=1S/C14H16FNO4S/c1-10-8-11(5-6-12(10)15)21(18,19)16-9-14(2,17)13-4-3-7-20-13/h3-8,16-17H,9H2,1-2H3. The predicted octanol–water partition coefficient (Wildman–Crippen LogP) is 1.91. The number of aliphatic hydroxyl groups is 1. The molecule has 0 aliphatic heterocycles. The van der Waals surface area contributed by atoms with E-state index in [4.69, 9.17) is 4.42 Å². The van der Waals surface area contributed by atoms with Gasteiger partial charge in [0.2, 0.25) is 10.0 Å². The van der Waals surface area contributed by atoms with Crippen molar-refractivity contribution >= 4 is 10.0 Å². The highest BCUT2D eigenvalue weighted by atomic mass is 32.2. The fourth-order valence-electron chi connectivity index (χ4n) is 1.78. The third kappa shape index (κ3) is 3.49. The number of benzene rings is 1. The highest BCUT2D eigenvalue weighted by Crippen LogP contribution is 2.21. The number of hydrogen-bond acceptors (Lipinski definition) is 4. The molecule has 0 amide bonds. The Morgan fingerprint density at radius 1 is 1.38 bits per heavy atom. The number of rotatable bonds is 5. The lowest BCUT2D eigenvalue weighted by Gasteiger charge is -2.21. The molecule has 0 aliphatic carbocycles. The molecule has 114 valence electrons. The average Bonchev–Trinajstić information content (AvgIpc) is 2.94. The van der Waals surface area contributed by atoms with E-state index >= 15 is 0 Å². The lowest BCUT2D eigenvalue weighted by molar-refractivity contribution is 0.0395. The van der Waals surface area contributed by atoms with E-state index in [1.54, 1.807) is 12.1 Å². The van der Waals surface area contributed by atoms with Crippen molar-refractivity contribution in [1.82, 2.24) is 4.72 Å². The van der Waals surface area contributed by atoms with Crippen LogP contribution >= 0.6 is 0 Å². The summed E-state index contributed by atoms with van der Waals surface area (Å²) in [6, 6.07) is 6.65. The Kier molecular flexibility index (Phi) is 4.18. The molecule has 21 heavy (non-hydrogen) atoms. The molecule has 0 bridgehead atoms. The molecule has 1 aromatic carbocycles. The predicted molar refractivity (Wildman–Crippen MR) is 74.6 cm³/mol. The van der Waals surface area contributed by atoms with Gasteiger partial charge in [-0.2, -0.15) is 0 Å². The fourth-order valence-corrected chi connectivity index (χ4v) is 2.99. The summed E-state index contributed by atoms with van der Waals surface area (Å²) in [5.74, 6) is -0.225. The molecule has 0 saturated heterocycles. The second kappa shape index (κ2) is 5.59. The normalized spacial score (nSPS) is 14.9. The number of sulfonamides is 1. The van der Waals surface area contributed by atoms with Crippen molar-refractivity contribution in [1.29, 1.82) is 0 Å². The first-order valence-electron chi connectivity index (χ1n) is 6.24. The number of halogens is 1. The van der Waals surface area contributed by atoms with E-state index in [9.17, 15) is 17.9 Å². The van der Waals surface area contributed by atoms with Crippen LogP contribution in [-0.2, 0) is 15.6 Å². The van der Waals surface area contributed by atoms with Gasteiger partial charge in [0.05, 0.1) is 11.2 Å². The van der Waals surface area contributed by atoms with Gasteiger partial charge >= 0.3 is 0 Å². The quantitative estimate of drug-likeness (QED) is 0.884. The fraction of sp³-hybridized carbons (Fsp3) is 0.286. The third-order valence-electron chi connectivity index (χ3n) is 3.10. The Bertz CT molecular complexity index is 723. The van der Waals surface area contributed by atoms with Gasteiger partial charge in [-0.15, -0.1) is 0 Å². The van der Waals surface area contributed by atoms with Crippen molar-refractivity contribution in [2.24, 2.45) is 0 Å². The van der Waals surface area contributed by atoms with Crippen LogP contribution in [0.3, 0.4) is 0 Å². The first kappa shape index (κ1) is 15.7. The summed E-state index contributed by atoms with van der Waals surface area (Å²) in [5, 5.41) is 10.2. The van der Waals surface area contributed by atoms with Gasteiger partial charge < -0.3 is 9.52 Å². The topological polar surface area (TPSA) is 79.5 Å². The summed E-state index contributed by atoms with van der Waals surface area (Å²) >= 11 is 0. The Hall–Kier alpha value is -1.70. The van der Waals surface area contributed by atoms with Gasteiger partial charge in [0.1, 0.15) is 17.2 Å². The molecule has 1 atom stereocenters. The zero-order valence-electron chi connectivity index (χ0n) is 11.6. The van der Waals surface area contributed by atoms with Crippen LogP contribution in [0, 0.1) is 12.7 Å². The van der Waals surface area contributed by atoms with Crippen molar-refractivity contribution in [2.75, 3.05) is 6.54 Å². The summed E-state index contributed by atoms with van der Waals surface area (Å²) in [5.41, 5.74) is -1.25. The lowest BCUT2D eigenvalue weighted by Crippen LogP contribution is -2.38. The Morgan fingerprint density at radius 3 is 2.67 bits per heavy atom. The maximum Gasteiger partial charge on any atom is 0.240 e. The third-order valence-corrected chi connectivity index (χ3v) is 4.50. The lowest BCUT2D eigenvalue weighted by atomic mass is 10.1. The second-order valence-corrected chi connectivity index (χ2v) is 6.75. The van der Waals surface area contributed by atoms with Gasteiger partial charge in [-0.05, 0) is 49.7 Å². The van der Waals surface area contributed by atoms with Crippen LogP contribution in [0.5, 0.6) is 0 Å². The Morgan fingerprint density at radius 2 is 2.10 bits per heavy atom.